The predicted molar refractivity (Wildman–Crippen MR) is 74.2 cm³/mol. The lowest BCUT2D eigenvalue weighted by molar-refractivity contribution is 0.258. The third-order valence-corrected chi connectivity index (χ3v) is 2.91. The van der Waals surface area contributed by atoms with E-state index < -0.39 is 0 Å². The van der Waals surface area contributed by atoms with Gasteiger partial charge in [0.05, 0.1) is 0 Å². The van der Waals surface area contributed by atoms with Crippen molar-refractivity contribution in [3.8, 4) is 0 Å². The minimum Gasteiger partial charge on any atom is -0.369 e. The molecule has 1 aliphatic heterocycles. The maximum absolute atomic E-state index is 5.93. The van der Waals surface area contributed by atoms with Gasteiger partial charge in [-0.05, 0) is 19.4 Å². The molecule has 0 amide bonds. The average molecular weight is 245 g/mol. The Balaban J connectivity index is 2.22. The highest BCUT2D eigenvalue weighted by molar-refractivity contribution is 5.95. The summed E-state index contributed by atoms with van der Waals surface area (Å²) in [5, 5.41) is 0. The van der Waals surface area contributed by atoms with Gasteiger partial charge in [0.1, 0.15) is 6.17 Å². The van der Waals surface area contributed by atoms with E-state index in [9.17, 15) is 0 Å². The van der Waals surface area contributed by atoms with Gasteiger partial charge in [0.25, 0.3) is 0 Å². The van der Waals surface area contributed by atoms with E-state index in [1.54, 1.807) is 0 Å². The molecule has 5 nitrogen and oxygen atoms in total. The highest BCUT2D eigenvalue weighted by Crippen LogP contribution is 2.16. The Bertz CT molecular complexity index is 464. The van der Waals surface area contributed by atoms with Crippen LogP contribution in [0.15, 0.2) is 40.3 Å². The smallest absolute Gasteiger partial charge is 0.220 e. The second-order valence-electron chi connectivity index (χ2n) is 4.63. The minimum atomic E-state index is -0.0788. The summed E-state index contributed by atoms with van der Waals surface area (Å²) < 4.78 is 0. The van der Waals surface area contributed by atoms with Gasteiger partial charge >= 0.3 is 0 Å². The molecule has 0 bridgehead atoms. The highest BCUT2D eigenvalue weighted by atomic mass is 15.4. The van der Waals surface area contributed by atoms with E-state index in [-0.39, 0.29) is 18.2 Å². The van der Waals surface area contributed by atoms with Gasteiger partial charge < -0.3 is 16.4 Å². The molecule has 1 heterocycles. The summed E-state index contributed by atoms with van der Waals surface area (Å²) in [6, 6.07) is 10.4. The summed E-state index contributed by atoms with van der Waals surface area (Å²) in [4.78, 5) is 10.4. The Morgan fingerprint density at radius 1 is 1.22 bits per heavy atom. The molecule has 0 fully saturated rings. The fourth-order valence-electron chi connectivity index (χ4n) is 2.15. The van der Waals surface area contributed by atoms with Gasteiger partial charge in [0, 0.05) is 12.5 Å². The Kier molecular flexibility index (Phi) is 3.50. The molecular weight excluding hydrogens is 226 g/mol. The lowest BCUT2D eigenvalue weighted by Gasteiger charge is -2.35. The minimum absolute atomic E-state index is 0.0788. The number of hydrogen-bond donors (Lipinski definition) is 2. The largest absolute Gasteiger partial charge is 0.369 e. The topological polar surface area (TPSA) is 80.0 Å². The van der Waals surface area contributed by atoms with Gasteiger partial charge in [-0.15, -0.1) is 0 Å². The summed E-state index contributed by atoms with van der Waals surface area (Å²) in [7, 11) is 0. The number of nitrogens with zero attached hydrogens (tertiary/aromatic N) is 3. The van der Waals surface area contributed by atoms with E-state index in [0.717, 1.165) is 6.42 Å². The van der Waals surface area contributed by atoms with E-state index in [1.165, 1.54) is 5.56 Å². The van der Waals surface area contributed by atoms with Crippen molar-refractivity contribution in [3.05, 3.63) is 35.9 Å². The van der Waals surface area contributed by atoms with Gasteiger partial charge in [-0.25, -0.2) is 4.99 Å². The Hall–Kier alpha value is -2.04. The van der Waals surface area contributed by atoms with Crippen molar-refractivity contribution >= 4 is 11.9 Å². The van der Waals surface area contributed by atoms with E-state index in [1.807, 2.05) is 23.1 Å². The number of rotatable bonds is 3. The first-order chi connectivity index (χ1) is 8.58. The van der Waals surface area contributed by atoms with Crippen molar-refractivity contribution in [3.63, 3.8) is 0 Å². The monoisotopic (exact) mass is 245 g/mol. The second-order valence-corrected chi connectivity index (χ2v) is 4.63. The molecule has 1 unspecified atom stereocenters. The van der Waals surface area contributed by atoms with Crippen LogP contribution in [0.1, 0.15) is 19.4 Å². The van der Waals surface area contributed by atoms with Crippen LogP contribution in [0.3, 0.4) is 0 Å². The Labute approximate surface area is 107 Å². The zero-order chi connectivity index (χ0) is 13.1. The maximum Gasteiger partial charge on any atom is 0.220 e. The number of guanidine groups is 2. The van der Waals surface area contributed by atoms with Crippen molar-refractivity contribution in [2.75, 3.05) is 0 Å². The summed E-state index contributed by atoms with van der Waals surface area (Å²) in [6.07, 6.45) is 0.695. The second kappa shape index (κ2) is 5.08. The molecular formula is C13H19N5. The van der Waals surface area contributed by atoms with Crippen LogP contribution >= 0.6 is 0 Å². The molecule has 1 atom stereocenters. The number of hydrogen-bond acceptors (Lipinski definition) is 5. The lowest BCUT2D eigenvalue weighted by Crippen LogP contribution is -2.52. The molecule has 0 saturated heterocycles. The molecule has 0 spiro atoms. The van der Waals surface area contributed by atoms with Gasteiger partial charge in [0.15, 0.2) is 0 Å². The molecule has 2 rings (SSSR count). The van der Waals surface area contributed by atoms with Crippen LogP contribution in [0.4, 0.5) is 0 Å². The third kappa shape index (κ3) is 2.61. The van der Waals surface area contributed by atoms with Gasteiger partial charge in [0.2, 0.25) is 11.9 Å². The van der Waals surface area contributed by atoms with E-state index in [0.29, 0.717) is 5.96 Å². The molecule has 5 heteroatoms. The van der Waals surface area contributed by atoms with Crippen molar-refractivity contribution in [2.24, 2.45) is 21.5 Å². The molecule has 96 valence electrons. The van der Waals surface area contributed by atoms with Crippen LogP contribution in [0.25, 0.3) is 0 Å². The van der Waals surface area contributed by atoms with Gasteiger partial charge in [-0.1, -0.05) is 30.3 Å². The third-order valence-electron chi connectivity index (χ3n) is 2.91. The summed E-state index contributed by atoms with van der Waals surface area (Å²) in [6.45, 7) is 4.13. The molecule has 0 radical (unpaired) electrons. The molecule has 4 N–H and O–H groups in total. The molecule has 1 aromatic rings. The van der Waals surface area contributed by atoms with Crippen molar-refractivity contribution in [2.45, 2.75) is 32.5 Å². The molecule has 0 aromatic heterocycles. The van der Waals surface area contributed by atoms with E-state index in [4.69, 9.17) is 11.5 Å². The average Bonchev–Trinajstić information content (AvgIpc) is 2.28. The standard InChI is InChI=1S/C13H19N5/c1-9(2)18-11(16-12(14)17-13(18)15)8-10-6-4-3-5-7-10/h3-7,9,11H,8H2,1-2H3,(H4,14,15,16,17). The van der Waals surface area contributed by atoms with Crippen LogP contribution in [0.2, 0.25) is 0 Å². The van der Waals surface area contributed by atoms with Crippen LogP contribution in [-0.2, 0) is 6.42 Å². The first kappa shape index (κ1) is 12.4. The first-order valence-electron chi connectivity index (χ1n) is 6.07. The number of aliphatic imine (C=N–C) groups is 2. The Morgan fingerprint density at radius 3 is 2.50 bits per heavy atom. The van der Waals surface area contributed by atoms with Crippen molar-refractivity contribution in [1.82, 2.24) is 4.90 Å². The maximum atomic E-state index is 5.93. The van der Waals surface area contributed by atoms with Crippen LogP contribution in [0.5, 0.6) is 0 Å². The summed E-state index contributed by atoms with van der Waals surface area (Å²) in [5.74, 6) is 0.698. The van der Waals surface area contributed by atoms with E-state index >= 15 is 0 Å². The molecule has 1 aromatic carbocycles. The van der Waals surface area contributed by atoms with E-state index in [2.05, 4.69) is 36.0 Å². The number of benzene rings is 1. The number of nitrogens with two attached hydrogens (primary N) is 2. The van der Waals surface area contributed by atoms with Crippen molar-refractivity contribution in [1.29, 1.82) is 0 Å². The molecule has 0 saturated carbocycles. The molecule has 18 heavy (non-hydrogen) atoms. The quantitative estimate of drug-likeness (QED) is 0.830. The van der Waals surface area contributed by atoms with Gasteiger partial charge in [-0.3, -0.25) is 0 Å². The fraction of sp³-hybridized carbons (Fsp3) is 0.385. The zero-order valence-corrected chi connectivity index (χ0v) is 10.7. The fourth-order valence-corrected chi connectivity index (χ4v) is 2.15. The Morgan fingerprint density at radius 2 is 1.89 bits per heavy atom. The highest BCUT2D eigenvalue weighted by Gasteiger charge is 2.26. The van der Waals surface area contributed by atoms with Crippen LogP contribution in [0, 0.1) is 0 Å². The van der Waals surface area contributed by atoms with Gasteiger partial charge in [-0.2, -0.15) is 4.99 Å². The predicted octanol–water partition coefficient (Wildman–Crippen LogP) is 0.909. The SMILES string of the molecule is CC(C)N1C(N)=NC(N)=NC1Cc1ccccc1. The van der Waals surface area contributed by atoms with Crippen molar-refractivity contribution < 1.29 is 0 Å². The van der Waals surface area contributed by atoms with Crippen LogP contribution in [-0.4, -0.2) is 29.0 Å². The molecule has 0 aliphatic carbocycles. The summed E-state index contributed by atoms with van der Waals surface area (Å²) in [5.41, 5.74) is 12.8. The first-order valence-corrected chi connectivity index (χ1v) is 6.07. The molecule has 1 aliphatic rings. The zero-order valence-electron chi connectivity index (χ0n) is 10.7. The van der Waals surface area contributed by atoms with Crippen LogP contribution < -0.4 is 11.5 Å². The lowest BCUT2D eigenvalue weighted by atomic mass is 10.1. The normalized spacial score (nSPS) is 19.7. The summed E-state index contributed by atoms with van der Waals surface area (Å²) >= 11 is 0.